The monoisotopic (exact) mass is 196 g/mol. The van der Waals surface area contributed by atoms with Crippen molar-refractivity contribution in [2.45, 2.75) is 66.2 Å². The topological polar surface area (TPSA) is 0 Å². The molecule has 0 nitrogen and oxygen atoms in total. The minimum absolute atomic E-state index is 0.843. The smallest absolute Gasteiger partial charge is 0.0206 e. The van der Waals surface area contributed by atoms with Gasteiger partial charge in [0.1, 0.15) is 0 Å². The van der Waals surface area contributed by atoms with E-state index in [9.17, 15) is 0 Å². The lowest BCUT2D eigenvalue weighted by Gasteiger charge is -2.29. The quantitative estimate of drug-likeness (QED) is 0.545. The molecule has 1 aliphatic rings. The van der Waals surface area contributed by atoms with Crippen molar-refractivity contribution in [2.75, 3.05) is 0 Å². The van der Waals surface area contributed by atoms with Crippen LogP contribution < -0.4 is 0 Å². The van der Waals surface area contributed by atoms with E-state index in [4.69, 9.17) is 0 Å². The molecule has 0 heteroatoms. The van der Waals surface area contributed by atoms with Gasteiger partial charge < -0.3 is 0 Å². The van der Waals surface area contributed by atoms with Crippen LogP contribution in [0.25, 0.3) is 0 Å². The fourth-order valence-electron chi connectivity index (χ4n) is 2.41. The van der Waals surface area contributed by atoms with Crippen LogP contribution in [0.15, 0.2) is 12.2 Å². The fraction of sp³-hybridized carbons (Fsp3) is 0.857. The molecule has 0 saturated heterocycles. The van der Waals surface area contributed by atoms with Crippen molar-refractivity contribution < 1.29 is 0 Å². The van der Waals surface area contributed by atoms with E-state index in [1.165, 1.54) is 44.1 Å². The third-order valence-corrected chi connectivity index (χ3v) is 3.18. The predicted octanol–water partition coefficient (Wildman–Crippen LogP) is 5.20. The zero-order valence-electron chi connectivity index (χ0n) is 10.6. The summed E-state index contributed by atoms with van der Waals surface area (Å²) < 4.78 is 0. The van der Waals surface area contributed by atoms with Gasteiger partial charge >= 0.3 is 0 Å². The molecule has 0 radical (unpaired) electrons. The van der Waals surface area contributed by atoms with Crippen LogP contribution in [0.1, 0.15) is 66.2 Å². The first-order valence-corrected chi connectivity index (χ1v) is 6.39. The van der Waals surface area contributed by atoms with Gasteiger partial charge in [0.15, 0.2) is 0 Å². The molecule has 0 bridgehead atoms. The molecule has 0 amide bonds. The predicted molar refractivity (Wildman–Crippen MR) is 66.5 cm³/mol. The minimum Gasteiger partial charge on any atom is -0.0999 e. The Morgan fingerprint density at radius 3 is 2.43 bits per heavy atom. The Balaban J connectivity index is 0.000000791. The molecule has 2 atom stereocenters. The molecule has 1 aliphatic carbocycles. The summed E-state index contributed by atoms with van der Waals surface area (Å²) in [6.45, 7) is 12.6. The van der Waals surface area contributed by atoms with Crippen molar-refractivity contribution in [3.05, 3.63) is 12.2 Å². The maximum absolute atomic E-state index is 4.07. The maximum atomic E-state index is 4.07. The van der Waals surface area contributed by atoms with Gasteiger partial charge in [-0.25, -0.2) is 0 Å². The van der Waals surface area contributed by atoms with Gasteiger partial charge in [-0.1, -0.05) is 58.6 Å². The van der Waals surface area contributed by atoms with Crippen LogP contribution in [0, 0.1) is 11.8 Å². The lowest BCUT2D eigenvalue weighted by molar-refractivity contribution is 0.280. The highest BCUT2D eigenvalue weighted by Gasteiger charge is 2.21. The van der Waals surface area contributed by atoms with E-state index < -0.39 is 0 Å². The normalized spacial score (nSPS) is 26.3. The highest BCUT2D eigenvalue weighted by atomic mass is 14.3. The number of hydrogen-bond acceptors (Lipinski definition) is 0. The zero-order chi connectivity index (χ0) is 11.0. The van der Waals surface area contributed by atoms with Gasteiger partial charge in [0, 0.05) is 0 Å². The minimum atomic E-state index is 0.843. The molecular formula is C14H28. The highest BCUT2D eigenvalue weighted by molar-refractivity contribution is 4.98. The van der Waals surface area contributed by atoms with Gasteiger partial charge in [-0.05, 0) is 31.6 Å². The van der Waals surface area contributed by atoms with Gasteiger partial charge in [-0.15, -0.1) is 0 Å². The molecule has 0 aliphatic heterocycles. The largest absolute Gasteiger partial charge is 0.0999 e. The Morgan fingerprint density at radius 2 is 1.93 bits per heavy atom. The summed E-state index contributed by atoms with van der Waals surface area (Å²) in [4.78, 5) is 0. The SMILES string of the molecule is C=C(C)[C@H]1CCC[C@H](CCC)C1.CC. The van der Waals surface area contributed by atoms with Crippen molar-refractivity contribution in [1.82, 2.24) is 0 Å². The van der Waals surface area contributed by atoms with Crippen LogP contribution in [0.3, 0.4) is 0 Å². The lowest BCUT2D eigenvalue weighted by atomic mass is 9.77. The lowest BCUT2D eigenvalue weighted by Crippen LogP contribution is -2.15. The maximum Gasteiger partial charge on any atom is -0.0206 e. The average molecular weight is 196 g/mol. The first-order chi connectivity index (χ1) is 6.74. The van der Waals surface area contributed by atoms with Gasteiger partial charge in [0.05, 0.1) is 0 Å². The van der Waals surface area contributed by atoms with E-state index >= 15 is 0 Å². The standard InChI is InChI=1S/C12H22.C2H6/c1-4-6-11-7-5-8-12(9-11)10(2)3;1-2/h11-12H,2,4-9H2,1,3H3;1-2H3/t11-,12-;/m0./s1. The molecular weight excluding hydrogens is 168 g/mol. The van der Waals surface area contributed by atoms with Crippen molar-refractivity contribution in [3.8, 4) is 0 Å². The number of rotatable bonds is 3. The van der Waals surface area contributed by atoms with Crippen molar-refractivity contribution in [1.29, 1.82) is 0 Å². The van der Waals surface area contributed by atoms with Crippen molar-refractivity contribution >= 4 is 0 Å². The molecule has 0 aromatic heterocycles. The Labute approximate surface area is 90.8 Å². The molecule has 0 heterocycles. The molecule has 0 unspecified atom stereocenters. The molecule has 0 spiro atoms. The van der Waals surface area contributed by atoms with Gasteiger partial charge in [-0.2, -0.15) is 0 Å². The summed E-state index contributed by atoms with van der Waals surface area (Å²) in [5.74, 6) is 1.85. The van der Waals surface area contributed by atoms with E-state index in [-0.39, 0.29) is 0 Å². The van der Waals surface area contributed by atoms with Crippen LogP contribution in [-0.4, -0.2) is 0 Å². The molecule has 84 valence electrons. The molecule has 1 fully saturated rings. The van der Waals surface area contributed by atoms with E-state index in [2.05, 4.69) is 20.4 Å². The molecule has 1 rings (SSSR count). The molecule has 0 N–H and O–H groups in total. The third-order valence-electron chi connectivity index (χ3n) is 3.18. The zero-order valence-corrected chi connectivity index (χ0v) is 10.6. The second-order valence-electron chi connectivity index (χ2n) is 4.36. The number of allylic oxidation sites excluding steroid dienone is 1. The third kappa shape index (κ3) is 4.83. The van der Waals surface area contributed by atoms with E-state index in [1.807, 2.05) is 13.8 Å². The van der Waals surface area contributed by atoms with Crippen LogP contribution >= 0.6 is 0 Å². The van der Waals surface area contributed by atoms with Crippen LogP contribution in [0.2, 0.25) is 0 Å². The summed E-state index contributed by atoms with van der Waals surface area (Å²) in [5.41, 5.74) is 1.41. The average Bonchev–Trinajstić information content (AvgIpc) is 2.22. The van der Waals surface area contributed by atoms with Crippen molar-refractivity contribution in [3.63, 3.8) is 0 Å². The second kappa shape index (κ2) is 8.08. The van der Waals surface area contributed by atoms with Gasteiger partial charge in [-0.3, -0.25) is 0 Å². The van der Waals surface area contributed by atoms with Crippen LogP contribution in [0.4, 0.5) is 0 Å². The summed E-state index contributed by atoms with van der Waals surface area (Å²) in [6.07, 6.45) is 8.51. The summed E-state index contributed by atoms with van der Waals surface area (Å²) >= 11 is 0. The summed E-state index contributed by atoms with van der Waals surface area (Å²) in [6, 6.07) is 0. The molecule has 0 aromatic carbocycles. The Morgan fingerprint density at radius 1 is 1.29 bits per heavy atom. The fourth-order valence-corrected chi connectivity index (χ4v) is 2.41. The second-order valence-corrected chi connectivity index (χ2v) is 4.36. The van der Waals surface area contributed by atoms with Crippen LogP contribution in [-0.2, 0) is 0 Å². The summed E-state index contributed by atoms with van der Waals surface area (Å²) in [7, 11) is 0. The highest BCUT2D eigenvalue weighted by Crippen LogP contribution is 2.34. The van der Waals surface area contributed by atoms with Crippen LogP contribution in [0.5, 0.6) is 0 Å². The van der Waals surface area contributed by atoms with E-state index in [0.29, 0.717) is 0 Å². The van der Waals surface area contributed by atoms with E-state index in [1.54, 1.807) is 0 Å². The first-order valence-electron chi connectivity index (χ1n) is 6.39. The Bertz CT molecular complexity index is 144. The molecule has 0 aromatic rings. The van der Waals surface area contributed by atoms with Crippen molar-refractivity contribution in [2.24, 2.45) is 11.8 Å². The molecule has 14 heavy (non-hydrogen) atoms. The number of hydrogen-bond donors (Lipinski definition) is 0. The van der Waals surface area contributed by atoms with Gasteiger partial charge in [0.2, 0.25) is 0 Å². The first kappa shape index (κ1) is 13.7. The summed E-state index contributed by atoms with van der Waals surface area (Å²) in [5, 5.41) is 0. The van der Waals surface area contributed by atoms with Gasteiger partial charge in [0.25, 0.3) is 0 Å². The Kier molecular flexibility index (Phi) is 7.93. The molecule has 1 saturated carbocycles. The van der Waals surface area contributed by atoms with E-state index in [0.717, 1.165) is 11.8 Å². The Hall–Kier alpha value is -0.260.